The normalized spacial score (nSPS) is 16.7. The first-order valence-electron chi connectivity index (χ1n) is 6.99. The summed E-state index contributed by atoms with van der Waals surface area (Å²) in [5.41, 5.74) is 0. The Bertz CT molecular complexity index is 365. The SMILES string of the molecule is CCCCC(NC(=O)N1CCN(C(C)=O)CC1)C(=O)O. The van der Waals surface area contributed by atoms with E-state index in [1.807, 2.05) is 6.92 Å². The predicted molar refractivity (Wildman–Crippen MR) is 73.3 cm³/mol. The number of unbranched alkanes of at least 4 members (excludes halogenated alkanes) is 1. The summed E-state index contributed by atoms with van der Waals surface area (Å²) < 4.78 is 0. The number of carbonyl (C=O) groups is 3. The van der Waals surface area contributed by atoms with E-state index in [1.54, 1.807) is 9.80 Å². The molecule has 0 bridgehead atoms. The van der Waals surface area contributed by atoms with Gasteiger partial charge in [-0.15, -0.1) is 0 Å². The molecule has 0 aliphatic carbocycles. The van der Waals surface area contributed by atoms with Crippen molar-refractivity contribution in [2.75, 3.05) is 26.2 Å². The number of piperazine rings is 1. The Morgan fingerprint density at radius 2 is 1.70 bits per heavy atom. The van der Waals surface area contributed by atoms with Gasteiger partial charge in [0.15, 0.2) is 0 Å². The Hall–Kier alpha value is -1.79. The molecule has 1 atom stereocenters. The first kappa shape index (κ1) is 16.3. The highest BCUT2D eigenvalue weighted by Gasteiger charge is 2.26. The van der Waals surface area contributed by atoms with Gasteiger partial charge < -0.3 is 20.2 Å². The Kier molecular flexibility index (Phi) is 6.27. The third-order valence-electron chi connectivity index (χ3n) is 3.45. The van der Waals surface area contributed by atoms with Crippen LogP contribution < -0.4 is 5.32 Å². The molecule has 1 rings (SSSR count). The van der Waals surface area contributed by atoms with E-state index >= 15 is 0 Å². The molecule has 114 valence electrons. The molecule has 0 aromatic heterocycles. The van der Waals surface area contributed by atoms with E-state index in [9.17, 15) is 14.4 Å². The maximum Gasteiger partial charge on any atom is 0.326 e. The van der Waals surface area contributed by atoms with Crippen molar-refractivity contribution in [3.63, 3.8) is 0 Å². The summed E-state index contributed by atoms with van der Waals surface area (Å²) in [4.78, 5) is 37.5. The number of hydrogen-bond acceptors (Lipinski definition) is 3. The predicted octanol–water partition coefficient (Wildman–Crippen LogP) is 0.504. The molecule has 2 N–H and O–H groups in total. The van der Waals surface area contributed by atoms with Gasteiger partial charge in [0.1, 0.15) is 6.04 Å². The molecular weight excluding hydrogens is 262 g/mol. The lowest BCUT2D eigenvalue weighted by molar-refractivity contribution is -0.139. The molecule has 0 radical (unpaired) electrons. The van der Waals surface area contributed by atoms with Gasteiger partial charge in [0.2, 0.25) is 5.91 Å². The van der Waals surface area contributed by atoms with Crippen LogP contribution in [0.4, 0.5) is 4.79 Å². The zero-order chi connectivity index (χ0) is 15.1. The quantitative estimate of drug-likeness (QED) is 0.770. The standard InChI is InChI=1S/C13H23N3O4/c1-3-4-5-11(12(18)19)14-13(20)16-8-6-15(7-9-16)10(2)17/h11H,3-9H2,1-2H3,(H,14,20)(H,18,19). The molecule has 0 aromatic carbocycles. The molecule has 0 aromatic rings. The summed E-state index contributed by atoms with van der Waals surface area (Å²) in [6.07, 6.45) is 2.08. The number of carboxylic acids is 1. The van der Waals surface area contributed by atoms with Gasteiger partial charge in [-0.1, -0.05) is 19.8 Å². The molecule has 0 saturated carbocycles. The maximum absolute atomic E-state index is 12.0. The average molecular weight is 285 g/mol. The lowest BCUT2D eigenvalue weighted by Crippen LogP contribution is -2.55. The van der Waals surface area contributed by atoms with Crippen molar-refractivity contribution in [1.29, 1.82) is 0 Å². The van der Waals surface area contributed by atoms with Crippen LogP contribution in [0.15, 0.2) is 0 Å². The van der Waals surface area contributed by atoms with E-state index in [0.29, 0.717) is 32.6 Å². The van der Waals surface area contributed by atoms with Crippen LogP contribution in [0.3, 0.4) is 0 Å². The Morgan fingerprint density at radius 1 is 1.15 bits per heavy atom. The summed E-state index contributed by atoms with van der Waals surface area (Å²) >= 11 is 0. The summed E-state index contributed by atoms with van der Waals surface area (Å²) in [6, 6.07) is -1.20. The fourth-order valence-corrected chi connectivity index (χ4v) is 2.13. The zero-order valence-electron chi connectivity index (χ0n) is 12.1. The van der Waals surface area contributed by atoms with E-state index in [1.165, 1.54) is 6.92 Å². The Balaban J connectivity index is 2.45. The highest BCUT2D eigenvalue weighted by molar-refractivity contribution is 5.82. The fourth-order valence-electron chi connectivity index (χ4n) is 2.13. The van der Waals surface area contributed by atoms with Crippen LogP contribution in [0.25, 0.3) is 0 Å². The van der Waals surface area contributed by atoms with E-state index in [-0.39, 0.29) is 11.9 Å². The van der Waals surface area contributed by atoms with E-state index in [4.69, 9.17) is 5.11 Å². The molecule has 7 nitrogen and oxygen atoms in total. The van der Waals surface area contributed by atoms with Crippen LogP contribution in [0.5, 0.6) is 0 Å². The van der Waals surface area contributed by atoms with Gasteiger partial charge in [0.05, 0.1) is 0 Å². The van der Waals surface area contributed by atoms with Crippen LogP contribution in [0.2, 0.25) is 0 Å². The second-order valence-electron chi connectivity index (χ2n) is 4.98. The highest BCUT2D eigenvalue weighted by Crippen LogP contribution is 2.05. The lowest BCUT2D eigenvalue weighted by atomic mass is 10.1. The number of amides is 3. The molecule has 1 aliphatic rings. The van der Waals surface area contributed by atoms with Gasteiger partial charge in [0, 0.05) is 33.1 Å². The van der Waals surface area contributed by atoms with Gasteiger partial charge in [-0.05, 0) is 6.42 Å². The largest absolute Gasteiger partial charge is 0.480 e. The van der Waals surface area contributed by atoms with Crippen molar-refractivity contribution >= 4 is 17.9 Å². The molecule has 1 heterocycles. The molecule has 1 fully saturated rings. The first-order chi connectivity index (χ1) is 9.45. The molecule has 1 saturated heterocycles. The fraction of sp³-hybridized carbons (Fsp3) is 0.769. The zero-order valence-corrected chi connectivity index (χ0v) is 12.1. The molecule has 3 amide bonds. The van der Waals surface area contributed by atoms with E-state index in [0.717, 1.165) is 12.8 Å². The number of nitrogens with zero attached hydrogens (tertiary/aromatic N) is 2. The third kappa shape index (κ3) is 4.71. The number of aliphatic carboxylic acids is 1. The van der Waals surface area contributed by atoms with Gasteiger partial charge in [-0.25, -0.2) is 9.59 Å². The van der Waals surface area contributed by atoms with Crippen molar-refractivity contribution in [3.8, 4) is 0 Å². The minimum Gasteiger partial charge on any atom is -0.480 e. The number of nitrogens with one attached hydrogen (secondary N) is 1. The molecule has 0 spiro atoms. The third-order valence-corrected chi connectivity index (χ3v) is 3.45. The van der Waals surface area contributed by atoms with Crippen molar-refractivity contribution in [1.82, 2.24) is 15.1 Å². The van der Waals surface area contributed by atoms with Crippen LogP contribution in [0, 0.1) is 0 Å². The summed E-state index contributed by atoms with van der Waals surface area (Å²) in [6.45, 7) is 5.34. The van der Waals surface area contributed by atoms with Crippen LogP contribution in [-0.2, 0) is 9.59 Å². The van der Waals surface area contributed by atoms with Gasteiger partial charge in [-0.3, -0.25) is 4.79 Å². The minimum absolute atomic E-state index is 0.00332. The van der Waals surface area contributed by atoms with Gasteiger partial charge in [0.25, 0.3) is 0 Å². The molecule has 1 unspecified atom stereocenters. The summed E-state index contributed by atoms with van der Waals surface area (Å²) in [7, 11) is 0. The lowest BCUT2D eigenvalue weighted by Gasteiger charge is -2.34. The molecule has 20 heavy (non-hydrogen) atoms. The number of hydrogen-bond donors (Lipinski definition) is 2. The van der Waals surface area contributed by atoms with Crippen molar-refractivity contribution in [2.24, 2.45) is 0 Å². The first-order valence-corrected chi connectivity index (χ1v) is 6.99. The number of carbonyl (C=O) groups excluding carboxylic acids is 2. The van der Waals surface area contributed by atoms with Gasteiger partial charge in [-0.2, -0.15) is 0 Å². The highest BCUT2D eigenvalue weighted by atomic mass is 16.4. The minimum atomic E-state index is -1.01. The second-order valence-corrected chi connectivity index (χ2v) is 4.98. The van der Waals surface area contributed by atoms with Gasteiger partial charge >= 0.3 is 12.0 Å². The van der Waals surface area contributed by atoms with E-state index < -0.39 is 12.0 Å². The smallest absolute Gasteiger partial charge is 0.326 e. The summed E-state index contributed by atoms with van der Waals surface area (Å²) in [5.74, 6) is -1.01. The van der Waals surface area contributed by atoms with Crippen LogP contribution in [-0.4, -0.2) is 65.0 Å². The molecule has 7 heteroatoms. The Morgan fingerprint density at radius 3 is 2.15 bits per heavy atom. The van der Waals surface area contributed by atoms with Crippen LogP contribution >= 0.6 is 0 Å². The second kappa shape index (κ2) is 7.72. The van der Waals surface area contributed by atoms with Crippen LogP contribution in [0.1, 0.15) is 33.1 Å². The van der Waals surface area contributed by atoms with Crippen molar-refractivity contribution in [2.45, 2.75) is 39.2 Å². The molecular formula is C13H23N3O4. The number of urea groups is 1. The maximum atomic E-state index is 12.0. The van der Waals surface area contributed by atoms with E-state index in [2.05, 4.69) is 5.32 Å². The molecule has 1 aliphatic heterocycles. The summed E-state index contributed by atoms with van der Waals surface area (Å²) in [5, 5.41) is 11.6. The Labute approximate surface area is 118 Å². The van der Waals surface area contributed by atoms with Crippen molar-refractivity contribution in [3.05, 3.63) is 0 Å². The number of rotatable bonds is 5. The number of carboxylic acid groups (broad SMARTS) is 1. The average Bonchev–Trinajstić information content (AvgIpc) is 2.42. The van der Waals surface area contributed by atoms with Crippen molar-refractivity contribution < 1.29 is 19.5 Å². The monoisotopic (exact) mass is 285 g/mol. The topological polar surface area (TPSA) is 90.0 Å².